The van der Waals surface area contributed by atoms with E-state index in [0.29, 0.717) is 166 Å². The maximum atomic E-state index is 12.9. The van der Waals surface area contributed by atoms with Crippen molar-refractivity contribution in [1.82, 2.24) is 39.9 Å². The first-order valence-corrected chi connectivity index (χ1v) is 45.7. The van der Waals surface area contributed by atoms with Gasteiger partial charge in [-0.15, -0.1) is 24.0 Å². The van der Waals surface area contributed by atoms with Crippen LogP contribution < -0.4 is 71.7 Å². The van der Waals surface area contributed by atoms with Crippen LogP contribution in [-0.4, -0.2) is 174 Å². The van der Waals surface area contributed by atoms with E-state index in [9.17, 15) is 39.8 Å². The zero-order valence-corrected chi connectivity index (χ0v) is 82.7. The lowest BCUT2D eigenvalue weighted by Gasteiger charge is -2.35. The first-order chi connectivity index (χ1) is 71.4. The van der Waals surface area contributed by atoms with Gasteiger partial charge in [-0.3, -0.25) is 19.9 Å². The number of benzene rings is 8. The maximum absolute atomic E-state index is 12.9. The highest BCUT2D eigenvalue weighted by molar-refractivity contribution is 6.16. The molecule has 20 rings (SSSR count). The van der Waals surface area contributed by atoms with Crippen LogP contribution in [0.15, 0.2) is 212 Å². The largest absolute Gasteiger partial charge is 0.504 e. The van der Waals surface area contributed by atoms with Crippen LogP contribution in [0.2, 0.25) is 0 Å². The van der Waals surface area contributed by atoms with E-state index in [2.05, 4.69) is 64.1 Å². The molecule has 756 valence electrons. The van der Waals surface area contributed by atoms with Crippen molar-refractivity contribution >= 4 is 116 Å². The molecule has 0 radical (unpaired) electrons. The average Bonchev–Trinajstić information content (AvgIpc) is 1.81. The van der Waals surface area contributed by atoms with Crippen molar-refractivity contribution in [3.63, 3.8) is 0 Å². The number of aromatic hydroxyl groups is 1. The van der Waals surface area contributed by atoms with Gasteiger partial charge < -0.3 is 114 Å². The zero-order chi connectivity index (χ0) is 104. The van der Waals surface area contributed by atoms with E-state index < -0.39 is 48.0 Å². The Hall–Kier alpha value is -18.5. The van der Waals surface area contributed by atoms with Gasteiger partial charge in [0.25, 0.3) is 24.1 Å². The number of alkyl halides is 1. The predicted molar refractivity (Wildman–Crippen MR) is 535 cm³/mol. The predicted octanol–water partition coefficient (Wildman–Crippen LogP) is 16.0. The molecule has 40 nitrogen and oxygen atoms in total. The molecule has 16 aromatic rings. The molecule has 4 atom stereocenters. The number of carboxylic acid groups (broad SMARTS) is 2. The fourth-order valence-electron chi connectivity index (χ4n) is 16.9. The minimum Gasteiger partial charge on any atom is -0.504 e. The van der Waals surface area contributed by atoms with Crippen LogP contribution in [0, 0.1) is 45.3 Å². The van der Waals surface area contributed by atoms with Gasteiger partial charge in [0, 0.05) is 98.4 Å². The van der Waals surface area contributed by atoms with E-state index >= 15 is 0 Å². The Morgan fingerprint density at radius 2 is 0.615 bits per heavy atom. The van der Waals surface area contributed by atoms with Gasteiger partial charge in [0.1, 0.15) is 89.1 Å². The van der Waals surface area contributed by atoms with Crippen molar-refractivity contribution in [2.45, 2.75) is 102 Å². The summed E-state index contributed by atoms with van der Waals surface area (Å²) in [6, 6.07) is 54.7. The number of phenolic OH excluding ortho intramolecular Hbond substituents is 1. The smallest absolute Gasteiger partial charge is 0.329 e. The molecule has 3 N–H and O–H groups in total. The summed E-state index contributed by atoms with van der Waals surface area (Å²) in [5.74, 6) is 3.63. The summed E-state index contributed by atoms with van der Waals surface area (Å²) in [5.41, 5.74) is 15.2. The van der Waals surface area contributed by atoms with Crippen molar-refractivity contribution in [2.75, 3.05) is 90.7 Å². The van der Waals surface area contributed by atoms with Gasteiger partial charge in [-0.2, -0.15) is 41.0 Å². The first kappa shape index (κ1) is 104. The summed E-state index contributed by atoms with van der Waals surface area (Å²) in [6.45, 7) is 1.65. The topological polar surface area (TPSA) is 513 Å². The molecule has 0 saturated heterocycles. The molecule has 0 fully saturated rings. The number of methoxy groups -OCH3 is 10. The summed E-state index contributed by atoms with van der Waals surface area (Å²) in [5, 5.41) is 67.2. The molecule has 0 aliphatic carbocycles. The number of nitriles is 4. The number of nitrogens with zero attached hydrogens (tertiary/aromatic N) is 16. The van der Waals surface area contributed by atoms with Crippen LogP contribution in [0.4, 0.5) is 24.1 Å². The van der Waals surface area contributed by atoms with Crippen molar-refractivity contribution in [3.05, 3.63) is 284 Å². The number of ether oxygens (including phenoxy) is 13. The molecular formula is C106H94Cl2N16O24. The van der Waals surface area contributed by atoms with Crippen molar-refractivity contribution in [2.24, 2.45) is 0 Å². The molecule has 12 heterocycles. The Kier molecular flexibility index (Phi) is 33.0. The number of rotatable bonds is 26. The second-order valence-corrected chi connectivity index (χ2v) is 33.3. The molecule has 0 spiro atoms. The molecule has 4 aliphatic rings. The summed E-state index contributed by atoms with van der Waals surface area (Å²) in [4.78, 5) is 91.7. The van der Waals surface area contributed by atoms with Gasteiger partial charge in [0.2, 0.25) is 0 Å². The van der Waals surface area contributed by atoms with E-state index in [1.54, 1.807) is 195 Å². The Morgan fingerprint density at radius 1 is 0.351 bits per heavy atom. The fourth-order valence-corrected chi connectivity index (χ4v) is 17.0. The SMILES string of the molecule is COC(=O)[C@@H]1Cc2c(ccc(OC)c2O)CN1c1nc2ccc(C#N)cc2o1.COC(=O)[C@@H]1Cc2c(ccc(OC)c2OCc2ccc(OC)cn2)CN1c1nc2ccc(C#N)cc2o1.COc1ccc(CCl)nc1.COc1ccc(COc2c(OC)ccc3c2C[C@@H](C(=O)O)N(c2nc4ccc(C#N)cc4o2)C3)nc1.COc1ccc(COc2c(OC)ccc3c2C[C@@H](C(=O)O)N(c2nc4ccc(C#N)cc4o2)C3)nc1.Cl. The van der Waals surface area contributed by atoms with Gasteiger partial charge in [-0.25, -0.2) is 19.2 Å². The van der Waals surface area contributed by atoms with E-state index in [4.69, 9.17) is 107 Å². The normalized spacial score (nSPS) is 14.4. The van der Waals surface area contributed by atoms with Gasteiger partial charge in [-0.1, -0.05) is 24.3 Å². The third-order valence-electron chi connectivity index (χ3n) is 24.5. The number of fused-ring (bicyclic) bond motifs is 8. The highest BCUT2D eigenvalue weighted by Crippen LogP contribution is 2.47. The Balaban J connectivity index is 0.000000143. The van der Waals surface area contributed by atoms with Crippen molar-refractivity contribution in [3.8, 4) is 93.3 Å². The molecule has 8 aromatic carbocycles. The van der Waals surface area contributed by atoms with E-state index in [-0.39, 0.29) is 101 Å². The van der Waals surface area contributed by atoms with Crippen LogP contribution >= 0.6 is 24.0 Å². The second-order valence-electron chi connectivity index (χ2n) is 33.0. The number of halogens is 2. The number of carbonyl (C=O) groups is 4. The van der Waals surface area contributed by atoms with Crippen molar-refractivity contribution < 1.29 is 114 Å². The summed E-state index contributed by atoms with van der Waals surface area (Å²) >= 11 is 5.52. The van der Waals surface area contributed by atoms with E-state index in [1.165, 1.54) is 35.5 Å². The number of hydrogen-bond acceptors (Lipinski definition) is 38. The molecule has 148 heavy (non-hydrogen) atoms. The third kappa shape index (κ3) is 22.9. The van der Waals surface area contributed by atoms with E-state index in [1.807, 2.05) is 54.6 Å². The Morgan fingerprint density at radius 3 is 0.865 bits per heavy atom. The van der Waals surface area contributed by atoms with Crippen LogP contribution in [-0.2, 0) is 106 Å². The summed E-state index contributed by atoms with van der Waals surface area (Å²) in [7, 11) is 15.1. The second kappa shape index (κ2) is 47.1. The minimum absolute atomic E-state index is 0. The number of aromatic nitrogens is 8. The lowest BCUT2D eigenvalue weighted by Crippen LogP contribution is -2.46. The minimum atomic E-state index is -1.02. The number of pyridine rings is 4. The quantitative estimate of drug-likeness (QED) is 0.0335. The zero-order valence-electron chi connectivity index (χ0n) is 81.1. The lowest BCUT2D eigenvalue weighted by atomic mass is 9.92. The first-order valence-electron chi connectivity index (χ1n) is 45.2. The Labute approximate surface area is 856 Å². The van der Waals surface area contributed by atoms with Gasteiger partial charge in [-0.05, 0) is 144 Å². The monoisotopic (exact) mass is 2040 g/mol. The summed E-state index contributed by atoms with van der Waals surface area (Å²) in [6.07, 6.45) is 7.28. The molecule has 42 heteroatoms. The number of oxazole rings is 4. The summed E-state index contributed by atoms with van der Waals surface area (Å²) < 4.78 is 94.2. The van der Waals surface area contributed by atoms with Gasteiger partial charge in [0.15, 0.2) is 68.3 Å². The average molecular weight is 2050 g/mol. The number of carboxylic acids is 2. The fraction of sp³-hybridized carbons (Fsp3) is 0.245. The van der Waals surface area contributed by atoms with Crippen LogP contribution in [0.25, 0.3) is 44.4 Å². The maximum Gasteiger partial charge on any atom is 0.329 e. The highest BCUT2D eigenvalue weighted by Gasteiger charge is 2.43. The molecule has 0 unspecified atom stereocenters. The van der Waals surface area contributed by atoms with Gasteiger partial charge >= 0.3 is 23.9 Å². The van der Waals surface area contributed by atoms with E-state index in [0.717, 1.165) is 50.4 Å². The highest BCUT2D eigenvalue weighted by atomic mass is 35.5. The number of anilines is 4. The standard InChI is InChI=1S/C27H24N4O6.2C26H22N4O6.C20H17N3O5.C7H8ClNO.ClH/c1-33-19-7-6-18(29-13-19)15-36-25-20-11-22(26(32)35-3)31(14-17(20)5-9-23(25)34-2)27-30-21-8-4-16(12-28)10-24(21)37-27;2*1-33-18-6-5-17(28-12-18)14-35-24-19-10-21(25(31)32)30(13-16(19)4-8-22(24)34-2)26-29-20-7-3-15(11-27)9-23(20)36-26;1-26-16-6-4-12-10-23(15(19(25)27-2)8-13(12)18(16)24)20-22-14-5-3-11(9-21)7-17(14)28-20;1-10-7-3-2-6(4-8)9-5-7;/h4-10,13,22H,11,14-15H2,1-3H3;2*3-9,12,21H,10,13-14H2,1-2H3,(H,31,32);3-7,15,24H,8,10H2,1-2H3;2-3,5H,4H2,1H3;1H/t22-;2*21-;15-;;/m0000../s1. The molecule has 0 saturated carbocycles. The molecular weight excluding hydrogens is 1950 g/mol. The van der Waals surface area contributed by atoms with Gasteiger partial charge in [0.05, 0.1) is 171 Å². The number of phenols is 1. The lowest BCUT2D eigenvalue weighted by molar-refractivity contribution is -0.143. The molecule has 8 aromatic heterocycles. The molecule has 4 aliphatic heterocycles. The van der Waals surface area contributed by atoms with Crippen LogP contribution in [0.3, 0.4) is 0 Å². The Bertz CT molecular complexity index is 7490. The van der Waals surface area contributed by atoms with Crippen molar-refractivity contribution in [1.29, 1.82) is 21.0 Å². The number of aliphatic carboxylic acids is 2. The molecule has 0 amide bonds. The third-order valence-corrected chi connectivity index (χ3v) is 24.8. The number of hydrogen-bond donors (Lipinski definition) is 3. The van der Waals surface area contributed by atoms with Crippen LogP contribution in [0.5, 0.6) is 69.0 Å². The van der Waals surface area contributed by atoms with Crippen LogP contribution in [0.1, 0.15) is 89.5 Å². The number of esters is 2. The molecule has 0 bridgehead atoms. The number of carbonyl (C=O) groups excluding carboxylic acids is 2.